The van der Waals surface area contributed by atoms with Crippen molar-refractivity contribution in [1.82, 2.24) is 0 Å². The topological polar surface area (TPSA) is 0 Å². The number of rotatable bonds is 7. The second kappa shape index (κ2) is 10.7. The van der Waals surface area contributed by atoms with Crippen LogP contribution in [0.1, 0.15) is 53.4 Å². The van der Waals surface area contributed by atoms with Gasteiger partial charge in [-0.25, -0.2) is 0 Å². The van der Waals surface area contributed by atoms with Gasteiger partial charge in [-0.1, -0.05) is 89.1 Å². The van der Waals surface area contributed by atoms with E-state index in [1.165, 1.54) is 36.0 Å². The van der Waals surface area contributed by atoms with Crippen molar-refractivity contribution in [1.29, 1.82) is 0 Å². The molecule has 0 heterocycles. The van der Waals surface area contributed by atoms with E-state index >= 15 is 0 Å². The molecule has 0 N–H and O–H groups in total. The Morgan fingerprint density at radius 3 is 2.24 bits per heavy atom. The minimum absolute atomic E-state index is 0. The fraction of sp³-hybridized carbons (Fsp3) is 0.360. The lowest BCUT2D eigenvalue weighted by molar-refractivity contribution is 0.572. The molecular weight excluding hydrogens is 300 g/mol. The summed E-state index contributed by atoms with van der Waals surface area (Å²) in [4.78, 5) is 0. The minimum atomic E-state index is 0. The zero-order chi connectivity index (χ0) is 17.4. The summed E-state index contributed by atoms with van der Waals surface area (Å²) < 4.78 is 0. The van der Waals surface area contributed by atoms with Crippen molar-refractivity contribution in [3.63, 3.8) is 0 Å². The maximum Gasteiger partial charge on any atom is 0.0104 e. The molecule has 0 amide bonds. The van der Waals surface area contributed by atoms with Crippen molar-refractivity contribution in [2.45, 2.75) is 53.4 Å². The van der Waals surface area contributed by atoms with Gasteiger partial charge < -0.3 is 0 Å². The Hall–Kier alpha value is -2.08. The number of fused-ring (bicyclic) bond motifs is 1. The Bertz CT molecular complexity index is 656. The van der Waals surface area contributed by atoms with E-state index in [2.05, 4.69) is 69.5 Å². The highest BCUT2D eigenvalue weighted by molar-refractivity contribution is 5.67. The summed E-state index contributed by atoms with van der Waals surface area (Å²) in [6.45, 7) is 12.1. The summed E-state index contributed by atoms with van der Waals surface area (Å²) >= 11 is 0. The highest BCUT2D eigenvalue weighted by atomic mass is 14.4. The van der Waals surface area contributed by atoms with Crippen molar-refractivity contribution >= 4 is 0 Å². The molecule has 0 bridgehead atoms. The lowest BCUT2D eigenvalue weighted by Crippen LogP contribution is -2.12. The molecule has 2 rings (SSSR count). The average molecular weight is 335 g/mol. The Balaban J connectivity index is 0.00000312. The van der Waals surface area contributed by atoms with Crippen LogP contribution in [0.5, 0.6) is 0 Å². The molecule has 0 saturated heterocycles. The van der Waals surface area contributed by atoms with E-state index in [4.69, 9.17) is 0 Å². The van der Waals surface area contributed by atoms with Gasteiger partial charge in [0.25, 0.3) is 0 Å². The van der Waals surface area contributed by atoms with Crippen molar-refractivity contribution in [3.8, 4) is 0 Å². The van der Waals surface area contributed by atoms with Crippen LogP contribution in [0.25, 0.3) is 0 Å². The molecule has 0 aromatic carbocycles. The first-order valence-corrected chi connectivity index (χ1v) is 9.21. The van der Waals surface area contributed by atoms with Crippen LogP contribution in [0.2, 0.25) is 0 Å². The predicted molar refractivity (Wildman–Crippen MR) is 115 cm³/mol. The van der Waals surface area contributed by atoms with Gasteiger partial charge >= 0.3 is 0 Å². The minimum Gasteiger partial charge on any atom is -0.0991 e. The maximum absolute atomic E-state index is 3.85. The van der Waals surface area contributed by atoms with Crippen molar-refractivity contribution in [2.75, 3.05) is 0 Å². The van der Waals surface area contributed by atoms with Crippen LogP contribution in [0.3, 0.4) is 0 Å². The predicted octanol–water partition coefficient (Wildman–Crippen LogP) is 7.82. The number of hydrogen-bond acceptors (Lipinski definition) is 0. The molecule has 1 atom stereocenters. The Kier molecular flexibility index (Phi) is 8.99. The normalized spacial score (nSPS) is 22.3. The van der Waals surface area contributed by atoms with Crippen LogP contribution in [0.15, 0.2) is 95.7 Å². The van der Waals surface area contributed by atoms with Gasteiger partial charge in [0.2, 0.25) is 0 Å². The first kappa shape index (κ1) is 21.0. The van der Waals surface area contributed by atoms with Gasteiger partial charge in [-0.15, -0.1) is 0 Å². The van der Waals surface area contributed by atoms with Crippen LogP contribution in [-0.2, 0) is 0 Å². The fourth-order valence-corrected chi connectivity index (χ4v) is 3.76. The molecule has 0 radical (unpaired) electrons. The van der Waals surface area contributed by atoms with Gasteiger partial charge in [0.15, 0.2) is 0 Å². The van der Waals surface area contributed by atoms with Crippen LogP contribution < -0.4 is 0 Å². The third-order valence-electron chi connectivity index (χ3n) is 4.68. The van der Waals surface area contributed by atoms with Crippen LogP contribution in [0.4, 0.5) is 0 Å². The van der Waals surface area contributed by atoms with E-state index in [9.17, 15) is 0 Å². The molecule has 0 aromatic rings. The Morgan fingerprint density at radius 1 is 0.960 bits per heavy atom. The van der Waals surface area contributed by atoms with Crippen LogP contribution >= 0.6 is 0 Å². The summed E-state index contributed by atoms with van der Waals surface area (Å²) in [6.07, 6.45) is 25.2. The van der Waals surface area contributed by atoms with E-state index in [-0.39, 0.29) is 7.43 Å². The summed E-state index contributed by atoms with van der Waals surface area (Å²) in [5.74, 6) is 0.535. The highest BCUT2D eigenvalue weighted by Crippen LogP contribution is 2.49. The molecule has 0 aromatic heterocycles. The van der Waals surface area contributed by atoms with E-state index in [1.807, 2.05) is 12.2 Å². The fourth-order valence-electron chi connectivity index (χ4n) is 3.76. The van der Waals surface area contributed by atoms with Gasteiger partial charge in [-0.05, 0) is 60.0 Å². The maximum atomic E-state index is 3.85. The van der Waals surface area contributed by atoms with Crippen molar-refractivity contribution < 1.29 is 0 Å². The van der Waals surface area contributed by atoms with E-state index < -0.39 is 0 Å². The lowest BCUT2D eigenvalue weighted by Gasteiger charge is -2.26. The summed E-state index contributed by atoms with van der Waals surface area (Å²) in [5, 5.41) is 0. The van der Waals surface area contributed by atoms with Crippen molar-refractivity contribution in [2.24, 2.45) is 5.92 Å². The SMILES string of the molecule is C.C=C/C=C\C1=C(/C=C\CC)C2CCC/C(=C/CC)C2=C1/C=C\C=C. The lowest BCUT2D eigenvalue weighted by atomic mass is 9.78. The van der Waals surface area contributed by atoms with Crippen LogP contribution in [0, 0.1) is 5.92 Å². The van der Waals surface area contributed by atoms with Crippen molar-refractivity contribution in [3.05, 3.63) is 95.7 Å². The second-order valence-corrected chi connectivity index (χ2v) is 6.28. The average Bonchev–Trinajstić information content (AvgIpc) is 2.90. The third-order valence-corrected chi connectivity index (χ3v) is 4.68. The smallest absolute Gasteiger partial charge is 0.0104 e. The van der Waals surface area contributed by atoms with E-state index in [0.29, 0.717) is 5.92 Å². The first-order valence-electron chi connectivity index (χ1n) is 9.21. The molecule has 134 valence electrons. The molecule has 1 unspecified atom stereocenters. The van der Waals surface area contributed by atoms with Gasteiger partial charge in [0, 0.05) is 5.92 Å². The Labute approximate surface area is 155 Å². The monoisotopic (exact) mass is 334 g/mol. The molecular formula is C25H34. The molecule has 25 heavy (non-hydrogen) atoms. The van der Waals surface area contributed by atoms with Gasteiger partial charge in [-0.3, -0.25) is 0 Å². The summed E-state index contributed by atoms with van der Waals surface area (Å²) in [6, 6.07) is 0. The molecule has 0 aliphatic heterocycles. The number of allylic oxidation sites excluding steroid dienone is 14. The molecule has 0 spiro atoms. The first-order chi connectivity index (χ1) is 11.8. The van der Waals surface area contributed by atoms with Gasteiger partial charge in [0.1, 0.15) is 0 Å². The quantitative estimate of drug-likeness (QED) is 0.416. The standard InChI is InChI=1S/C24H30.CH4/c1-5-9-15-20-21(16-10-6-2)23-18-12-14-19(13-8-4)24(23)22(20)17-11-7-3;/h5,7,9-11,13,15-17,23H,1,3,6,8,12,14,18H2,2,4H3;1H4/b15-9-,16-10-,17-11-,19-13-;. The Morgan fingerprint density at radius 2 is 1.64 bits per heavy atom. The molecule has 2 aliphatic rings. The molecule has 0 nitrogen and oxygen atoms in total. The summed E-state index contributed by atoms with van der Waals surface area (Å²) in [7, 11) is 0. The second-order valence-electron chi connectivity index (χ2n) is 6.28. The van der Waals surface area contributed by atoms with Gasteiger partial charge in [-0.2, -0.15) is 0 Å². The zero-order valence-corrected chi connectivity index (χ0v) is 15.2. The van der Waals surface area contributed by atoms with Crippen LogP contribution in [-0.4, -0.2) is 0 Å². The molecule has 0 heteroatoms. The molecule has 1 fully saturated rings. The summed E-state index contributed by atoms with van der Waals surface area (Å²) in [5.41, 5.74) is 7.27. The number of hydrogen-bond donors (Lipinski definition) is 0. The third kappa shape index (κ3) is 4.72. The largest absolute Gasteiger partial charge is 0.0991 e. The molecule has 1 saturated carbocycles. The molecule has 2 aliphatic carbocycles. The highest BCUT2D eigenvalue weighted by Gasteiger charge is 2.34. The zero-order valence-electron chi connectivity index (χ0n) is 15.2. The van der Waals surface area contributed by atoms with Gasteiger partial charge in [0.05, 0.1) is 0 Å². The van der Waals surface area contributed by atoms with E-state index in [1.54, 1.807) is 11.1 Å². The van der Waals surface area contributed by atoms with E-state index in [0.717, 1.165) is 12.8 Å².